The molecule has 0 amide bonds. The van der Waals surface area contributed by atoms with Gasteiger partial charge in [-0.3, -0.25) is 0 Å². The summed E-state index contributed by atoms with van der Waals surface area (Å²) < 4.78 is 2.22. The van der Waals surface area contributed by atoms with Crippen LogP contribution in [-0.4, -0.2) is 19.1 Å². The van der Waals surface area contributed by atoms with E-state index in [2.05, 4.69) is 37.9 Å². The van der Waals surface area contributed by atoms with Gasteiger partial charge in [0.25, 0.3) is 0 Å². The first-order valence-electron chi connectivity index (χ1n) is 10.2. The second kappa shape index (κ2) is 7.95. The fraction of sp³-hybridized carbons (Fsp3) is 0.0769. The third-order valence-corrected chi connectivity index (χ3v) is 5.22. The van der Waals surface area contributed by atoms with Gasteiger partial charge in [-0.25, -0.2) is 4.98 Å². The molecule has 0 fully saturated rings. The van der Waals surface area contributed by atoms with E-state index in [1.807, 2.05) is 93.0 Å². The van der Waals surface area contributed by atoms with Crippen molar-refractivity contribution in [2.75, 3.05) is 19.0 Å². The molecule has 0 spiro atoms. The van der Waals surface area contributed by atoms with E-state index in [0.717, 1.165) is 44.8 Å². The fourth-order valence-corrected chi connectivity index (χ4v) is 3.64. The van der Waals surface area contributed by atoms with E-state index in [1.54, 1.807) is 0 Å². The Kier molecular flexibility index (Phi) is 4.84. The largest absolute Gasteiger partial charge is 0.378 e. The number of nitrogens with zero attached hydrogens (tertiary/aromatic N) is 5. The van der Waals surface area contributed by atoms with Gasteiger partial charge in [-0.2, -0.15) is 10.2 Å². The summed E-state index contributed by atoms with van der Waals surface area (Å²) in [4.78, 5) is 6.91. The first kappa shape index (κ1) is 18.9. The number of benzene rings is 4. The Labute approximate surface area is 180 Å². The molecule has 0 radical (unpaired) electrons. The third kappa shape index (κ3) is 3.73. The Morgan fingerprint density at radius 2 is 1.29 bits per heavy atom. The molecule has 5 heteroatoms. The van der Waals surface area contributed by atoms with E-state index < -0.39 is 0 Å². The van der Waals surface area contributed by atoms with Crippen molar-refractivity contribution in [1.82, 2.24) is 4.98 Å². The summed E-state index contributed by atoms with van der Waals surface area (Å²) in [5.41, 5.74) is 7.72. The van der Waals surface area contributed by atoms with Gasteiger partial charge in [-0.1, -0.05) is 30.3 Å². The highest BCUT2D eigenvalue weighted by Crippen LogP contribution is 2.25. The van der Waals surface area contributed by atoms with Gasteiger partial charge in [0.2, 0.25) is 16.7 Å². The molecular formula is C26H22N5+. The molecule has 4 aromatic carbocycles. The zero-order chi connectivity index (χ0) is 21.2. The van der Waals surface area contributed by atoms with Crippen LogP contribution in [0.25, 0.3) is 27.8 Å². The fourth-order valence-electron chi connectivity index (χ4n) is 3.64. The van der Waals surface area contributed by atoms with Crippen LogP contribution >= 0.6 is 0 Å². The Morgan fingerprint density at radius 3 is 2.06 bits per heavy atom. The second-order valence-electron chi connectivity index (χ2n) is 7.56. The quantitative estimate of drug-likeness (QED) is 0.205. The number of anilines is 1. The molecule has 0 bridgehead atoms. The van der Waals surface area contributed by atoms with Gasteiger partial charge in [0.15, 0.2) is 0 Å². The average Bonchev–Trinajstić information content (AvgIpc) is 2.82. The first-order valence-corrected chi connectivity index (χ1v) is 10.2. The highest BCUT2D eigenvalue weighted by atomic mass is 15.1. The van der Waals surface area contributed by atoms with Crippen LogP contribution in [0.3, 0.4) is 0 Å². The first-order chi connectivity index (χ1) is 15.2. The van der Waals surface area contributed by atoms with Crippen LogP contribution in [-0.2, 0) is 0 Å². The Balaban J connectivity index is 1.63. The van der Waals surface area contributed by atoms with E-state index >= 15 is 0 Å². The van der Waals surface area contributed by atoms with Crippen molar-refractivity contribution in [2.24, 2.45) is 10.2 Å². The molecule has 5 rings (SSSR count). The van der Waals surface area contributed by atoms with Crippen molar-refractivity contribution in [3.05, 3.63) is 97.1 Å². The summed E-state index contributed by atoms with van der Waals surface area (Å²) in [6, 6.07) is 32.5. The number of hydrogen-bond acceptors (Lipinski definition) is 4. The maximum atomic E-state index is 4.85. The number of aromatic nitrogens is 2. The van der Waals surface area contributed by atoms with Gasteiger partial charge in [0.1, 0.15) is 11.0 Å². The van der Waals surface area contributed by atoms with Gasteiger partial charge in [0.05, 0.1) is 11.4 Å². The minimum Gasteiger partial charge on any atom is -0.378 e. The predicted octanol–water partition coefficient (Wildman–Crippen LogP) is 6.15. The van der Waals surface area contributed by atoms with Crippen molar-refractivity contribution < 1.29 is 4.57 Å². The summed E-state index contributed by atoms with van der Waals surface area (Å²) in [6.07, 6.45) is 0. The molecule has 31 heavy (non-hydrogen) atoms. The predicted molar refractivity (Wildman–Crippen MR) is 126 cm³/mol. The second-order valence-corrected chi connectivity index (χ2v) is 7.56. The smallest absolute Gasteiger partial charge is 0.239 e. The number of rotatable bonds is 4. The average molecular weight is 404 g/mol. The maximum absolute atomic E-state index is 4.85. The highest BCUT2D eigenvalue weighted by molar-refractivity contribution is 5.83. The molecule has 0 atom stereocenters. The Bertz CT molecular complexity index is 1390. The summed E-state index contributed by atoms with van der Waals surface area (Å²) in [5.74, 6) is 0. The zero-order valence-electron chi connectivity index (χ0n) is 17.5. The van der Waals surface area contributed by atoms with Crippen LogP contribution in [0.2, 0.25) is 0 Å². The topological polar surface area (TPSA) is 44.7 Å². The van der Waals surface area contributed by atoms with Crippen LogP contribution in [0.5, 0.6) is 0 Å². The van der Waals surface area contributed by atoms with Crippen molar-refractivity contribution in [3.63, 3.8) is 0 Å². The van der Waals surface area contributed by atoms with E-state index in [4.69, 9.17) is 4.98 Å². The van der Waals surface area contributed by atoms with E-state index in [1.165, 1.54) is 0 Å². The monoisotopic (exact) mass is 404 g/mol. The molecule has 1 aromatic heterocycles. The van der Waals surface area contributed by atoms with Crippen LogP contribution in [0.15, 0.2) is 107 Å². The third-order valence-electron chi connectivity index (χ3n) is 5.22. The number of para-hydroxylation sites is 3. The van der Waals surface area contributed by atoms with Crippen LogP contribution in [0.1, 0.15) is 0 Å². The molecule has 5 aromatic rings. The Morgan fingerprint density at radius 1 is 0.645 bits per heavy atom. The lowest BCUT2D eigenvalue weighted by molar-refractivity contribution is -0.538. The molecule has 150 valence electrons. The maximum Gasteiger partial charge on any atom is 0.239 e. The van der Waals surface area contributed by atoms with Crippen LogP contribution < -0.4 is 9.47 Å². The van der Waals surface area contributed by atoms with Crippen LogP contribution in [0.4, 0.5) is 17.1 Å². The standard InChI is InChI=1S/C26H22N5/c1-30(2)21-15-12-19(13-16-21)28-29-20-14-17-24-26(18-20)31(22-8-4-3-5-9-22)25-11-7-6-10-23(25)27-24/h3-18H,1-2H3/q+1. The minimum atomic E-state index is 0.783. The molecule has 0 aliphatic heterocycles. The lowest BCUT2D eigenvalue weighted by Gasteiger charge is -2.11. The van der Waals surface area contributed by atoms with Crippen LogP contribution in [0, 0.1) is 0 Å². The lowest BCUT2D eigenvalue weighted by Crippen LogP contribution is -2.33. The van der Waals surface area contributed by atoms with Crippen molar-refractivity contribution >= 4 is 39.1 Å². The SMILES string of the molecule is CN(C)c1ccc(N=Nc2ccc3nc4ccccc4[n+](-c4ccccc4)c3c2)cc1. The molecule has 0 saturated heterocycles. The number of hydrogen-bond donors (Lipinski definition) is 0. The molecule has 1 heterocycles. The number of fused-ring (bicyclic) bond motifs is 2. The Hall–Kier alpha value is -4.12. The van der Waals surface area contributed by atoms with Gasteiger partial charge in [-0.15, -0.1) is 4.57 Å². The normalized spacial score (nSPS) is 11.4. The molecule has 0 saturated carbocycles. The van der Waals surface area contributed by atoms with E-state index in [-0.39, 0.29) is 0 Å². The summed E-state index contributed by atoms with van der Waals surface area (Å²) in [5, 5.41) is 8.91. The van der Waals surface area contributed by atoms with Gasteiger partial charge >= 0.3 is 0 Å². The van der Waals surface area contributed by atoms with Gasteiger partial charge in [0, 0.05) is 44.0 Å². The molecule has 0 N–H and O–H groups in total. The van der Waals surface area contributed by atoms with Crippen molar-refractivity contribution in [3.8, 4) is 5.69 Å². The van der Waals surface area contributed by atoms with Gasteiger partial charge in [-0.05, 0) is 42.5 Å². The highest BCUT2D eigenvalue weighted by Gasteiger charge is 2.19. The molecule has 0 aliphatic rings. The number of azo groups is 1. The van der Waals surface area contributed by atoms with Gasteiger partial charge < -0.3 is 4.90 Å². The van der Waals surface area contributed by atoms with Crippen molar-refractivity contribution in [2.45, 2.75) is 0 Å². The van der Waals surface area contributed by atoms with Crippen molar-refractivity contribution in [1.29, 1.82) is 0 Å². The zero-order valence-corrected chi connectivity index (χ0v) is 17.5. The minimum absolute atomic E-state index is 0.783. The lowest BCUT2D eigenvalue weighted by atomic mass is 10.2. The van der Waals surface area contributed by atoms with E-state index in [9.17, 15) is 0 Å². The molecule has 0 unspecified atom stereocenters. The van der Waals surface area contributed by atoms with E-state index in [0.29, 0.717) is 0 Å². The molecule has 5 nitrogen and oxygen atoms in total. The summed E-state index contributed by atoms with van der Waals surface area (Å²) in [7, 11) is 4.04. The summed E-state index contributed by atoms with van der Waals surface area (Å²) in [6.45, 7) is 0. The molecular weight excluding hydrogens is 382 g/mol. The summed E-state index contributed by atoms with van der Waals surface area (Å²) >= 11 is 0. The molecule has 0 aliphatic carbocycles.